The summed E-state index contributed by atoms with van der Waals surface area (Å²) in [6.45, 7) is 1.60. The summed E-state index contributed by atoms with van der Waals surface area (Å²) >= 11 is 0. The molecular formula is C13H16FNO. The summed E-state index contributed by atoms with van der Waals surface area (Å²) < 4.78 is 13.0. The molecule has 1 aliphatic heterocycles. The van der Waals surface area contributed by atoms with Crippen molar-refractivity contribution in [2.45, 2.75) is 31.8 Å². The van der Waals surface area contributed by atoms with Crippen molar-refractivity contribution in [1.29, 1.82) is 0 Å². The maximum atomic E-state index is 13.0. The number of carbonyl (C=O) groups is 1. The van der Waals surface area contributed by atoms with Gasteiger partial charge in [0.25, 0.3) is 0 Å². The van der Waals surface area contributed by atoms with Gasteiger partial charge in [-0.2, -0.15) is 0 Å². The Bertz CT molecular complexity index is 367. The summed E-state index contributed by atoms with van der Waals surface area (Å²) in [5, 5.41) is 0. The third-order valence-electron chi connectivity index (χ3n) is 3.10. The fourth-order valence-electron chi connectivity index (χ4n) is 2.24. The van der Waals surface area contributed by atoms with E-state index in [1.54, 1.807) is 6.07 Å². The average molecular weight is 221 g/mol. The number of rotatable bonds is 3. The highest BCUT2D eigenvalue weighted by atomic mass is 19.1. The second-order valence-electron chi connectivity index (χ2n) is 4.30. The quantitative estimate of drug-likeness (QED) is 0.730. The summed E-state index contributed by atoms with van der Waals surface area (Å²) in [6.07, 6.45) is 4.18. The highest BCUT2D eigenvalue weighted by Gasteiger charge is 2.21. The first-order chi connectivity index (χ1) is 7.79. The fraction of sp³-hybridized carbons (Fsp3) is 0.462. The molecule has 1 unspecified atom stereocenters. The molecule has 2 rings (SSSR count). The number of hydrogen-bond donors (Lipinski definition) is 0. The van der Waals surface area contributed by atoms with E-state index in [2.05, 4.69) is 4.90 Å². The predicted molar refractivity (Wildman–Crippen MR) is 60.5 cm³/mol. The van der Waals surface area contributed by atoms with E-state index in [4.69, 9.17) is 0 Å². The summed E-state index contributed by atoms with van der Waals surface area (Å²) in [5.74, 6) is -0.211. The molecule has 1 fully saturated rings. The van der Waals surface area contributed by atoms with Gasteiger partial charge in [-0.15, -0.1) is 0 Å². The molecule has 0 aliphatic carbocycles. The van der Waals surface area contributed by atoms with Crippen molar-refractivity contribution in [1.82, 2.24) is 4.90 Å². The number of benzene rings is 1. The van der Waals surface area contributed by atoms with Crippen LogP contribution in [0.15, 0.2) is 24.3 Å². The third-order valence-corrected chi connectivity index (χ3v) is 3.10. The fourth-order valence-corrected chi connectivity index (χ4v) is 2.24. The van der Waals surface area contributed by atoms with Gasteiger partial charge >= 0.3 is 0 Å². The van der Waals surface area contributed by atoms with Gasteiger partial charge < -0.3 is 4.79 Å². The zero-order valence-corrected chi connectivity index (χ0v) is 9.23. The number of nitrogens with zero attached hydrogens (tertiary/aromatic N) is 1. The number of likely N-dealkylation sites (tertiary alicyclic amines) is 1. The van der Waals surface area contributed by atoms with Crippen LogP contribution in [-0.4, -0.2) is 23.8 Å². The molecule has 86 valence electrons. The van der Waals surface area contributed by atoms with Crippen LogP contribution in [0.25, 0.3) is 0 Å². The van der Waals surface area contributed by atoms with Crippen LogP contribution in [0.5, 0.6) is 0 Å². The van der Waals surface area contributed by atoms with E-state index in [0.717, 1.165) is 37.7 Å². The highest BCUT2D eigenvalue weighted by molar-refractivity contribution is 5.57. The Hall–Kier alpha value is -1.22. The van der Waals surface area contributed by atoms with Gasteiger partial charge in [-0.25, -0.2) is 4.39 Å². The second kappa shape index (κ2) is 5.21. The van der Waals surface area contributed by atoms with E-state index in [1.165, 1.54) is 12.1 Å². The Morgan fingerprint density at radius 1 is 1.44 bits per heavy atom. The minimum atomic E-state index is -0.211. The first kappa shape index (κ1) is 11.3. The number of carbonyl (C=O) groups excluding carboxylic acids is 1. The van der Waals surface area contributed by atoms with Crippen LogP contribution in [-0.2, 0) is 11.3 Å². The zero-order valence-electron chi connectivity index (χ0n) is 9.23. The van der Waals surface area contributed by atoms with Gasteiger partial charge in [-0.05, 0) is 37.1 Å². The lowest BCUT2D eigenvalue weighted by Crippen LogP contribution is -2.39. The van der Waals surface area contributed by atoms with Gasteiger partial charge in [-0.1, -0.05) is 18.6 Å². The van der Waals surface area contributed by atoms with Crippen molar-refractivity contribution >= 4 is 6.29 Å². The lowest BCUT2D eigenvalue weighted by molar-refractivity contribution is -0.113. The summed E-state index contributed by atoms with van der Waals surface area (Å²) in [6, 6.07) is 6.61. The Morgan fingerprint density at radius 3 is 3.06 bits per heavy atom. The van der Waals surface area contributed by atoms with E-state index >= 15 is 0 Å². The molecular weight excluding hydrogens is 205 g/mol. The van der Waals surface area contributed by atoms with Crippen molar-refractivity contribution in [2.24, 2.45) is 0 Å². The van der Waals surface area contributed by atoms with Gasteiger partial charge in [0.15, 0.2) is 0 Å². The lowest BCUT2D eigenvalue weighted by atomic mass is 10.0. The van der Waals surface area contributed by atoms with Crippen molar-refractivity contribution in [3.63, 3.8) is 0 Å². The summed E-state index contributed by atoms with van der Waals surface area (Å²) in [5.41, 5.74) is 0.939. The molecule has 0 N–H and O–H groups in total. The van der Waals surface area contributed by atoms with E-state index in [-0.39, 0.29) is 11.9 Å². The van der Waals surface area contributed by atoms with Crippen molar-refractivity contribution in [3.05, 3.63) is 35.6 Å². The molecule has 1 saturated heterocycles. The van der Waals surface area contributed by atoms with Crippen LogP contribution in [0.3, 0.4) is 0 Å². The van der Waals surface area contributed by atoms with E-state index < -0.39 is 0 Å². The van der Waals surface area contributed by atoms with Gasteiger partial charge in [-0.3, -0.25) is 4.90 Å². The number of aldehydes is 1. The van der Waals surface area contributed by atoms with E-state index in [9.17, 15) is 9.18 Å². The SMILES string of the molecule is O=CC1CCCCN1Cc1cccc(F)c1. The molecule has 2 nitrogen and oxygen atoms in total. The van der Waals surface area contributed by atoms with Gasteiger partial charge in [0.1, 0.15) is 12.1 Å². The molecule has 1 aromatic carbocycles. The molecule has 1 atom stereocenters. The molecule has 0 aromatic heterocycles. The molecule has 0 radical (unpaired) electrons. The normalized spacial score (nSPS) is 21.9. The minimum Gasteiger partial charge on any atom is -0.302 e. The number of halogens is 1. The molecule has 0 saturated carbocycles. The molecule has 3 heteroatoms. The van der Waals surface area contributed by atoms with Crippen LogP contribution in [0.2, 0.25) is 0 Å². The van der Waals surface area contributed by atoms with Crippen molar-refractivity contribution < 1.29 is 9.18 Å². The van der Waals surface area contributed by atoms with Crippen molar-refractivity contribution in [3.8, 4) is 0 Å². The van der Waals surface area contributed by atoms with E-state index in [0.29, 0.717) is 6.54 Å². The van der Waals surface area contributed by atoms with Crippen LogP contribution in [0.4, 0.5) is 4.39 Å². The topological polar surface area (TPSA) is 20.3 Å². The Morgan fingerprint density at radius 2 is 2.31 bits per heavy atom. The second-order valence-corrected chi connectivity index (χ2v) is 4.30. The van der Waals surface area contributed by atoms with Crippen LogP contribution < -0.4 is 0 Å². The molecule has 1 heterocycles. The number of piperidine rings is 1. The monoisotopic (exact) mass is 221 g/mol. The Kier molecular flexibility index (Phi) is 3.67. The van der Waals surface area contributed by atoms with Gasteiger partial charge in [0, 0.05) is 6.54 Å². The van der Waals surface area contributed by atoms with Gasteiger partial charge in [0.2, 0.25) is 0 Å². The minimum absolute atomic E-state index is 0.0111. The predicted octanol–water partition coefficient (Wildman–Crippen LogP) is 2.38. The first-order valence-corrected chi connectivity index (χ1v) is 5.73. The molecule has 1 aliphatic rings. The highest BCUT2D eigenvalue weighted by Crippen LogP contribution is 2.18. The van der Waals surface area contributed by atoms with Gasteiger partial charge in [0.05, 0.1) is 6.04 Å². The standard InChI is InChI=1S/C13H16FNO/c14-12-5-3-4-11(8-12)9-15-7-2-1-6-13(15)10-16/h3-5,8,10,13H,1-2,6-7,9H2. The zero-order chi connectivity index (χ0) is 11.4. The van der Waals surface area contributed by atoms with E-state index in [1.807, 2.05) is 6.07 Å². The average Bonchev–Trinajstić information content (AvgIpc) is 2.30. The summed E-state index contributed by atoms with van der Waals surface area (Å²) in [4.78, 5) is 13.0. The lowest BCUT2D eigenvalue weighted by Gasteiger charge is -2.32. The maximum Gasteiger partial charge on any atom is 0.137 e. The first-order valence-electron chi connectivity index (χ1n) is 5.73. The maximum absolute atomic E-state index is 13.0. The van der Waals surface area contributed by atoms with Crippen molar-refractivity contribution in [2.75, 3.05) is 6.54 Å². The van der Waals surface area contributed by atoms with Crippen LogP contribution in [0.1, 0.15) is 24.8 Å². The summed E-state index contributed by atoms with van der Waals surface area (Å²) in [7, 11) is 0. The molecule has 1 aromatic rings. The third kappa shape index (κ3) is 2.67. The Labute approximate surface area is 95.1 Å². The van der Waals surface area contributed by atoms with Crippen LogP contribution >= 0.6 is 0 Å². The molecule has 0 spiro atoms. The smallest absolute Gasteiger partial charge is 0.137 e. The molecule has 16 heavy (non-hydrogen) atoms. The Balaban J connectivity index is 2.04. The number of hydrogen-bond acceptors (Lipinski definition) is 2. The van der Waals surface area contributed by atoms with Crippen LogP contribution in [0, 0.1) is 5.82 Å². The molecule has 0 amide bonds. The largest absolute Gasteiger partial charge is 0.302 e. The molecule has 0 bridgehead atoms.